The SMILES string of the molecule is COc1ccc(-c2cnc(NC(=O)Cc3ccc(I)cc3)c(-c3cccs3)n2)cc1. The molecule has 30 heavy (non-hydrogen) atoms. The molecule has 0 spiro atoms. The van der Waals surface area contributed by atoms with Crippen molar-refractivity contribution < 1.29 is 9.53 Å². The van der Waals surface area contributed by atoms with Gasteiger partial charge in [0.25, 0.3) is 0 Å². The van der Waals surface area contributed by atoms with Gasteiger partial charge in [-0.25, -0.2) is 9.97 Å². The van der Waals surface area contributed by atoms with Crippen LogP contribution >= 0.6 is 33.9 Å². The van der Waals surface area contributed by atoms with E-state index in [9.17, 15) is 4.79 Å². The number of benzene rings is 2. The van der Waals surface area contributed by atoms with Crippen molar-refractivity contribution in [3.05, 3.63) is 81.4 Å². The van der Waals surface area contributed by atoms with Crippen LogP contribution in [0.15, 0.2) is 72.2 Å². The number of amides is 1. The summed E-state index contributed by atoms with van der Waals surface area (Å²) in [6, 6.07) is 19.5. The Balaban J connectivity index is 1.62. The first kappa shape index (κ1) is 20.5. The molecule has 2 heterocycles. The zero-order chi connectivity index (χ0) is 20.9. The van der Waals surface area contributed by atoms with Gasteiger partial charge < -0.3 is 10.1 Å². The van der Waals surface area contributed by atoms with Gasteiger partial charge in [-0.1, -0.05) is 18.2 Å². The minimum atomic E-state index is -0.125. The Kier molecular flexibility index (Phi) is 6.39. The number of carbonyl (C=O) groups excluding carboxylic acids is 1. The average molecular weight is 527 g/mol. The molecule has 0 aliphatic heterocycles. The lowest BCUT2D eigenvalue weighted by molar-refractivity contribution is -0.115. The van der Waals surface area contributed by atoms with E-state index in [0.717, 1.165) is 31.0 Å². The molecule has 4 rings (SSSR count). The van der Waals surface area contributed by atoms with Crippen LogP contribution in [0.1, 0.15) is 5.56 Å². The molecule has 0 saturated heterocycles. The Morgan fingerprint density at radius 2 is 1.87 bits per heavy atom. The number of thiophene rings is 1. The number of hydrogen-bond donors (Lipinski definition) is 1. The number of halogens is 1. The summed E-state index contributed by atoms with van der Waals surface area (Å²) in [4.78, 5) is 22.9. The molecule has 2 aromatic heterocycles. The lowest BCUT2D eigenvalue weighted by atomic mass is 10.1. The second kappa shape index (κ2) is 9.36. The van der Waals surface area contributed by atoms with Crippen molar-refractivity contribution in [1.29, 1.82) is 0 Å². The quantitative estimate of drug-likeness (QED) is 0.329. The molecule has 0 saturated carbocycles. The van der Waals surface area contributed by atoms with Gasteiger partial charge in [0, 0.05) is 9.13 Å². The molecule has 0 fully saturated rings. The number of methoxy groups -OCH3 is 1. The largest absolute Gasteiger partial charge is 0.497 e. The first-order valence-corrected chi connectivity index (χ1v) is 11.2. The maximum absolute atomic E-state index is 12.6. The second-order valence-electron chi connectivity index (χ2n) is 6.51. The Hall–Kier alpha value is -2.78. The third-order valence-electron chi connectivity index (χ3n) is 4.45. The summed E-state index contributed by atoms with van der Waals surface area (Å²) in [5.41, 5.74) is 3.28. The van der Waals surface area contributed by atoms with E-state index in [4.69, 9.17) is 9.72 Å². The highest BCUT2D eigenvalue weighted by Crippen LogP contribution is 2.31. The van der Waals surface area contributed by atoms with Crippen LogP contribution in [0.3, 0.4) is 0 Å². The zero-order valence-electron chi connectivity index (χ0n) is 16.1. The fourth-order valence-electron chi connectivity index (χ4n) is 2.93. The second-order valence-corrected chi connectivity index (χ2v) is 8.70. The highest BCUT2D eigenvalue weighted by Gasteiger charge is 2.15. The topological polar surface area (TPSA) is 64.1 Å². The Morgan fingerprint density at radius 3 is 2.53 bits per heavy atom. The minimum absolute atomic E-state index is 0.125. The summed E-state index contributed by atoms with van der Waals surface area (Å²) >= 11 is 3.80. The van der Waals surface area contributed by atoms with Crippen molar-refractivity contribution in [2.45, 2.75) is 6.42 Å². The molecule has 2 aromatic carbocycles. The first-order chi connectivity index (χ1) is 14.6. The lowest BCUT2D eigenvalue weighted by Gasteiger charge is -2.11. The monoisotopic (exact) mass is 527 g/mol. The van der Waals surface area contributed by atoms with Gasteiger partial charge in [0.05, 0.1) is 30.3 Å². The van der Waals surface area contributed by atoms with Gasteiger partial charge in [0.15, 0.2) is 5.82 Å². The standard InChI is InChI=1S/C23H18IN3O2S/c1-29-18-10-6-16(7-11-18)19-14-25-23(22(26-19)20-3-2-12-30-20)27-21(28)13-15-4-8-17(24)9-5-15/h2-12,14H,13H2,1H3,(H,25,27,28). The smallest absolute Gasteiger partial charge is 0.230 e. The molecule has 150 valence electrons. The van der Waals surface area contributed by atoms with Crippen LogP contribution < -0.4 is 10.1 Å². The van der Waals surface area contributed by atoms with E-state index in [0.29, 0.717) is 11.5 Å². The van der Waals surface area contributed by atoms with Crippen LogP contribution in [0, 0.1) is 3.57 Å². The molecule has 0 aliphatic carbocycles. The van der Waals surface area contributed by atoms with E-state index < -0.39 is 0 Å². The zero-order valence-corrected chi connectivity index (χ0v) is 19.1. The predicted molar refractivity (Wildman–Crippen MR) is 129 cm³/mol. The van der Waals surface area contributed by atoms with Crippen LogP contribution in [-0.4, -0.2) is 23.0 Å². The van der Waals surface area contributed by atoms with Gasteiger partial charge in [-0.15, -0.1) is 11.3 Å². The highest BCUT2D eigenvalue weighted by atomic mass is 127. The van der Waals surface area contributed by atoms with Crippen LogP contribution in [0.5, 0.6) is 5.75 Å². The summed E-state index contributed by atoms with van der Waals surface area (Å²) in [5.74, 6) is 1.12. The maximum Gasteiger partial charge on any atom is 0.230 e. The normalized spacial score (nSPS) is 10.6. The van der Waals surface area contributed by atoms with E-state index in [1.54, 1.807) is 24.6 Å². The van der Waals surface area contributed by atoms with Crippen LogP contribution in [0.25, 0.3) is 21.8 Å². The summed E-state index contributed by atoms with van der Waals surface area (Å²) in [7, 11) is 1.64. The number of aromatic nitrogens is 2. The molecular formula is C23H18IN3O2S. The van der Waals surface area contributed by atoms with E-state index in [1.807, 2.05) is 66.0 Å². The van der Waals surface area contributed by atoms with Crippen molar-refractivity contribution in [3.63, 3.8) is 0 Å². The van der Waals surface area contributed by atoms with Gasteiger partial charge >= 0.3 is 0 Å². The lowest BCUT2D eigenvalue weighted by Crippen LogP contribution is -2.16. The Bertz CT molecular complexity index is 1140. The van der Waals surface area contributed by atoms with E-state index in [-0.39, 0.29) is 12.3 Å². The number of ether oxygens (including phenoxy) is 1. The molecule has 4 aromatic rings. The van der Waals surface area contributed by atoms with Crippen molar-refractivity contribution in [2.24, 2.45) is 0 Å². The molecule has 0 atom stereocenters. The molecule has 7 heteroatoms. The van der Waals surface area contributed by atoms with Crippen molar-refractivity contribution in [2.75, 3.05) is 12.4 Å². The third kappa shape index (κ3) is 4.85. The van der Waals surface area contributed by atoms with Crippen molar-refractivity contribution >= 4 is 45.7 Å². The summed E-state index contributed by atoms with van der Waals surface area (Å²) < 4.78 is 6.36. The number of nitrogens with one attached hydrogen (secondary N) is 1. The van der Waals surface area contributed by atoms with Crippen LogP contribution in [0.4, 0.5) is 5.82 Å². The first-order valence-electron chi connectivity index (χ1n) is 9.22. The summed E-state index contributed by atoms with van der Waals surface area (Å²) in [5, 5.41) is 4.91. The molecule has 1 amide bonds. The fourth-order valence-corrected chi connectivity index (χ4v) is 4.00. The highest BCUT2D eigenvalue weighted by molar-refractivity contribution is 14.1. The number of hydrogen-bond acceptors (Lipinski definition) is 5. The van der Waals surface area contributed by atoms with Gasteiger partial charge in [0.1, 0.15) is 11.4 Å². The number of carbonyl (C=O) groups is 1. The van der Waals surface area contributed by atoms with Gasteiger partial charge in [-0.3, -0.25) is 4.79 Å². The third-order valence-corrected chi connectivity index (χ3v) is 6.04. The van der Waals surface area contributed by atoms with Crippen molar-refractivity contribution in [3.8, 4) is 27.6 Å². The van der Waals surface area contributed by atoms with Gasteiger partial charge in [0.2, 0.25) is 5.91 Å². The molecule has 5 nitrogen and oxygen atoms in total. The van der Waals surface area contributed by atoms with Gasteiger partial charge in [-0.05, 0) is 76.0 Å². The van der Waals surface area contributed by atoms with Crippen molar-refractivity contribution in [1.82, 2.24) is 9.97 Å². The molecule has 1 N–H and O–H groups in total. The van der Waals surface area contributed by atoms with E-state index in [1.165, 1.54) is 0 Å². The summed E-state index contributed by atoms with van der Waals surface area (Å²) in [6.45, 7) is 0. The fraction of sp³-hybridized carbons (Fsp3) is 0.0870. The average Bonchev–Trinajstić information content (AvgIpc) is 3.30. The van der Waals surface area contributed by atoms with Crippen LogP contribution in [0.2, 0.25) is 0 Å². The Labute approximate surface area is 192 Å². The van der Waals surface area contributed by atoms with E-state index in [2.05, 4.69) is 32.9 Å². The molecule has 0 bridgehead atoms. The molecule has 0 unspecified atom stereocenters. The number of anilines is 1. The molecular weight excluding hydrogens is 509 g/mol. The van der Waals surface area contributed by atoms with E-state index >= 15 is 0 Å². The van der Waals surface area contributed by atoms with Gasteiger partial charge in [-0.2, -0.15) is 0 Å². The number of rotatable bonds is 6. The molecule has 0 aliphatic rings. The molecule has 0 radical (unpaired) electrons. The summed E-state index contributed by atoms with van der Waals surface area (Å²) in [6.07, 6.45) is 1.96. The number of nitrogens with zero attached hydrogens (tertiary/aromatic N) is 2. The Morgan fingerprint density at radius 1 is 1.10 bits per heavy atom. The minimum Gasteiger partial charge on any atom is -0.497 e. The maximum atomic E-state index is 12.6. The predicted octanol–water partition coefficient (Wildman–Crippen LogP) is 5.67. The van der Waals surface area contributed by atoms with Crippen LogP contribution in [-0.2, 0) is 11.2 Å².